The molecule has 2 aromatic rings. The minimum absolute atomic E-state index is 0.103. The highest BCUT2D eigenvalue weighted by molar-refractivity contribution is 7.92. The first kappa shape index (κ1) is 18.0. The highest BCUT2D eigenvalue weighted by Gasteiger charge is 2.27. The summed E-state index contributed by atoms with van der Waals surface area (Å²) < 4.78 is 54.4. The molecule has 10 heteroatoms. The van der Waals surface area contributed by atoms with Crippen LogP contribution in [0.3, 0.4) is 0 Å². The number of sulfonamides is 1. The number of nitrogens with one attached hydrogen (secondary N) is 1. The minimum atomic E-state index is -4.18. The van der Waals surface area contributed by atoms with Gasteiger partial charge in [-0.3, -0.25) is 9.40 Å². The van der Waals surface area contributed by atoms with Gasteiger partial charge in [-0.05, 0) is 31.5 Å². The largest absolute Gasteiger partial charge is 0.284 e. The molecular weight excluding hydrogens is 371 g/mol. The molecule has 0 aliphatic carbocycles. The highest BCUT2D eigenvalue weighted by atomic mass is 35.5. The SMILES string of the molecule is Cc1cc(S(=O)(=O)Nc2c(C(F)F)nn(C)c2C)c(Cl)cc1Cl. The van der Waals surface area contributed by atoms with E-state index in [-0.39, 0.29) is 21.3 Å². The van der Waals surface area contributed by atoms with Gasteiger partial charge in [0.05, 0.1) is 16.4 Å². The summed E-state index contributed by atoms with van der Waals surface area (Å²) in [4.78, 5) is -0.246. The van der Waals surface area contributed by atoms with E-state index in [4.69, 9.17) is 23.2 Å². The van der Waals surface area contributed by atoms with Gasteiger partial charge in [0.1, 0.15) is 4.90 Å². The van der Waals surface area contributed by atoms with Gasteiger partial charge in [-0.25, -0.2) is 17.2 Å². The lowest BCUT2D eigenvalue weighted by Gasteiger charge is -2.12. The zero-order chi connectivity index (χ0) is 17.5. The minimum Gasteiger partial charge on any atom is -0.276 e. The molecule has 0 bridgehead atoms. The lowest BCUT2D eigenvalue weighted by molar-refractivity contribution is 0.146. The Labute approximate surface area is 142 Å². The first-order chi connectivity index (χ1) is 10.5. The summed E-state index contributed by atoms with van der Waals surface area (Å²) in [6.45, 7) is 3.09. The maximum absolute atomic E-state index is 13.0. The van der Waals surface area contributed by atoms with Crippen LogP contribution in [0, 0.1) is 13.8 Å². The first-order valence-corrected chi connectivity index (χ1v) is 8.58. The molecule has 126 valence electrons. The zero-order valence-electron chi connectivity index (χ0n) is 12.4. The average molecular weight is 384 g/mol. The van der Waals surface area contributed by atoms with Crippen molar-refractivity contribution in [2.24, 2.45) is 7.05 Å². The second-order valence-electron chi connectivity index (χ2n) is 4.91. The van der Waals surface area contributed by atoms with Gasteiger partial charge >= 0.3 is 0 Å². The average Bonchev–Trinajstić information content (AvgIpc) is 2.70. The number of hydrogen-bond acceptors (Lipinski definition) is 3. The zero-order valence-corrected chi connectivity index (χ0v) is 14.7. The van der Waals surface area contributed by atoms with Gasteiger partial charge in [0.25, 0.3) is 16.4 Å². The number of benzene rings is 1. The Balaban J connectivity index is 2.54. The van der Waals surface area contributed by atoms with E-state index in [2.05, 4.69) is 9.82 Å². The van der Waals surface area contributed by atoms with Crippen molar-refractivity contribution >= 4 is 38.9 Å². The van der Waals surface area contributed by atoms with Crippen LogP contribution in [-0.4, -0.2) is 18.2 Å². The predicted molar refractivity (Wildman–Crippen MR) is 84.9 cm³/mol. The van der Waals surface area contributed by atoms with Crippen molar-refractivity contribution < 1.29 is 17.2 Å². The third kappa shape index (κ3) is 3.44. The summed E-state index contributed by atoms with van der Waals surface area (Å²) in [6.07, 6.45) is -2.92. The number of halogens is 4. The van der Waals surface area contributed by atoms with Gasteiger partial charge in [0.2, 0.25) is 0 Å². The monoisotopic (exact) mass is 383 g/mol. The molecule has 0 amide bonds. The van der Waals surface area contributed by atoms with E-state index in [1.54, 1.807) is 6.92 Å². The molecule has 1 heterocycles. The van der Waals surface area contributed by atoms with Crippen LogP contribution in [0.15, 0.2) is 17.0 Å². The third-order valence-electron chi connectivity index (χ3n) is 3.31. The molecule has 2 rings (SSSR count). The van der Waals surface area contributed by atoms with Crippen LogP contribution < -0.4 is 4.72 Å². The summed E-state index contributed by atoms with van der Waals surface area (Å²) in [5, 5.41) is 3.83. The Hall–Kier alpha value is -1.38. The summed E-state index contributed by atoms with van der Waals surface area (Å²) in [5.74, 6) is 0. The molecule has 0 saturated carbocycles. The molecule has 5 nitrogen and oxygen atoms in total. The number of alkyl halides is 2. The summed E-state index contributed by atoms with van der Waals surface area (Å²) in [7, 11) is -2.73. The van der Waals surface area contributed by atoms with Crippen molar-refractivity contribution in [2.45, 2.75) is 25.2 Å². The van der Waals surface area contributed by atoms with Crippen LogP contribution in [0.25, 0.3) is 0 Å². The first-order valence-electron chi connectivity index (χ1n) is 6.34. The number of rotatable bonds is 4. The van der Waals surface area contributed by atoms with Crippen LogP contribution in [0.1, 0.15) is 23.4 Å². The van der Waals surface area contributed by atoms with E-state index >= 15 is 0 Å². The lowest BCUT2D eigenvalue weighted by atomic mass is 10.2. The highest BCUT2D eigenvalue weighted by Crippen LogP contribution is 2.33. The molecule has 0 spiro atoms. The Bertz CT molecular complexity index is 867. The smallest absolute Gasteiger partial charge is 0.276 e. The van der Waals surface area contributed by atoms with Crippen molar-refractivity contribution in [1.82, 2.24) is 9.78 Å². The second kappa shape index (κ2) is 6.26. The van der Waals surface area contributed by atoms with Crippen molar-refractivity contribution in [1.29, 1.82) is 0 Å². The summed E-state index contributed by atoms with van der Waals surface area (Å²) in [5.41, 5.74) is -0.152. The molecule has 0 radical (unpaired) electrons. The second-order valence-corrected chi connectivity index (χ2v) is 7.37. The van der Waals surface area contributed by atoms with E-state index < -0.39 is 22.1 Å². The number of nitrogens with zero attached hydrogens (tertiary/aromatic N) is 2. The van der Waals surface area contributed by atoms with Crippen LogP contribution in [0.4, 0.5) is 14.5 Å². The van der Waals surface area contributed by atoms with Crippen molar-refractivity contribution in [3.8, 4) is 0 Å². The fraction of sp³-hybridized carbons (Fsp3) is 0.308. The molecule has 0 atom stereocenters. The standard InChI is InChI=1S/C13H13Cl2F2N3O2S/c1-6-4-10(9(15)5-8(6)14)23(21,22)19-11-7(2)20(3)18-12(11)13(16)17/h4-5,13,19H,1-3H3. The number of anilines is 1. The molecular formula is C13H13Cl2F2N3O2S. The van der Waals surface area contributed by atoms with Crippen molar-refractivity contribution in [3.05, 3.63) is 39.1 Å². The van der Waals surface area contributed by atoms with Gasteiger partial charge in [-0.1, -0.05) is 23.2 Å². The van der Waals surface area contributed by atoms with E-state index in [0.717, 1.165) is 0 Å². The molecule has 0 saturated heterocycles. The maximum atomic E-state index is 13.0. The number of aryl methyl sites for hydroxylation is 2. The number of hydrogen-bond donors (Lipinski definition) is 1. The summed E-state index contributed by atoms with van der Waals surface area (Å²) in [6, 6.07) is 2.57. The molecule has 0 unspecified atom stereocenters. The van der Waals surface area contributed by atoms with E-state index in [1.807, 2.05) is 0 Å². The molecule has 1 aromatic carbocycles. The molecule has 0 fully saturated rings. The van der Waals surface area contributed by atoms with Crippen molar-refractivity contribution in [2.75, 3.05) is 4.72 Å². The fourth-order valence-electron chi connectivity index (χ4n) is 1.94. The molecule has 1 aromatic heterocycles. The van der Waals surface area contributed by atoms with Crippen LogP contribution in [0.2, 0.25) is 10.0 Å². The summed E-state index contributed by atoms with van der Waals surface area (Å²) >= 11 is 11.8. The van der Waals surface area contributed by atoms with Gasteiger partial charge < -0.3 is 0 Å². The Kier molecular flexibility index (Phi) is 4.89. The normalized spacial score (nSPS) is 12.0. The van der Waals surface area contributed by atoms with Gasteiger partial charge in [0, 0.05) is 12.1 Å². The van der Waals surface area contributed by atoms with E-state index in [0.29, 0.717) is 10.6 Å². The Morgan fingerprint density at radius 3 is 2.39 bits per heavy atom. The predicted octanol–water partition coefficient (Wildman–Crippen LogP) is 4.08. The van der Waals surface area contributed by atoms with Crippen LogP contribution in [0.5, 0.6) is 0 Å². The quantitative estimate of drug-likeness (QED) is 0.864. The lowest BCUT2D eigenvalue weighted by Crippen LogP contribution is -2.15. The molecule has 1 N–H and O–H groups in total. The van der Waals surface area contributed by atoms with Gasteiger partial charge in [-0.15, -0.1) is 0 Å². The molecule has 23 heavy (non-hydrogen) atoms. The van der Waals surface area contributed by atoms with Crippen LogP contribution in [-0.2, 0) is 17.1 Å². The number of aromatic nitrogens is 2. The maximum Gasteiger partial charge on any atom is 0.284 e. The topological polar surface area (TPSA) is 64.0 Å². The third-order valence-corrected chi connectivity index (χ3v) is 5.53. The Morgan fingerprint density at radius 1 is 1.22 bits per heavy atom. The van der Waals surface area contributed by atoms with E-state index in [1.165, 1.54) is 30.8 Å². The van der Waals surface area contributed by atoms with Gasteiger partial charge in [0.15, 0.2) is 5.69 Å². The fourth-order valence-corrected chi connectivity index (χ4v) is 3.91. The Morgan fingerprint density at radius 2 is 1.83 bits per heavy atom. The molecule has 0 aliphatic heterocycles. The van der Waals surface area contributed by atoms with Crippen LogP contribution >= 0.6 is 23.2 Å². The molecule has 0 aliphatic rings. The van der Waals surface area contributed by atoms with Crippen molar-refractivity contribution in [3.63, 3.8) is 0 Å². The van der Waals surface area contributed by atoms with E-state index in [9.17, 15) is 17.2 Å². The van der Waals surface area contributed by atoms with Gasteiger partial charge in [-0.2, -0.15) is 5.10 Å².